The first-order valence-electron chi connectivity index (χ1n) is 6.13. The van der Waals surface area contributed by atoms with Crippen LogP contribution in [0.4, 0.5) is 0 Å². The number of halogens is 1. The van der Waals surface area contributed by atoms with Crippen LogP contribution in [0.3, 0.4) is 0 Å². The van der Waals surface area contributed by atoms with E-state index in [2.05, 4.69) is 4.98 Å². The van der Waals surface area contributed by atoms with Gasteiger partial charge in [0.2, 0.25) is 0 Å². The first-order valence-corrected chi connectivity index (χ1v) is 6.51. The highest BCUT2D eigenvalue weighted by Crippen LogP contribution is 2.30. The third kappa shape index (κ3) is 2.10. The van der Waals surface area contributed by atoms with Crippen LogP contribution in [0, 0.1) is 5.41 Å². The number of benzene rings is 1. The molecule has 1 fully saturated rings. The van der Waals surface area contributed by atoms with Crippen LogP contribution in [-0.2, 0) is 16.2 Å². The number of carbonyl (C=O) groups excluding carboxylic acids is 1. The molecule has 106 valence electrons. The molecule has 2 aromatic rings. The van der Waals surface area contributed by atoms with Crippen molar-refractivity contribution in [2.24, 2.45) is 5.41 Å². The van der Waals surface area contributed by atoms with Crippen LogP contribution >= 0.6 is 11.6 Å². The van der Waals surface area contributed by atoms with Crippen molar-refractivity contribution in [1.82, 2.24) is 10.0 Å². The normalized spacial score (nSPS) is 18.1. The first-order chi connectivity index (χ1) is 9.37. The van der Waals surface area contributed by atoms with Gasteiger partial charge in [-0.3, -0.25) is 14.6 Å². The molecule has 1 saturated heterocycles. The van der Waals surface area contributed by atoms with Crippen LogP contribution in [0.15, 0.2) is 21.3 Å². The van der Waals surface area contributed by atoms with Gasteiger partial charge in [0.25, 0.3) is 5.91 Å². The largest absolute Gasteiger partial charge is 0.417 e. The Morgan fingerprint density at radius 2 is 2.15 bits per heavy atom. The van der Waals surface area contributed by atoms with Crippen molar-refractivity contribution in [1.29, 1.82) is 0 Å². The molecule has 1 aromatic heterocycles. The molecule has 1 aliphatic rings. The minimum atomic E-state index is -0.539. The zero-order chi connectivity index (χ0) is 14.5. The molecule has 0 aliphatic carbocycles. The molecule has 0 spiro atoms. The smallest absolute Gasteiger partial charge is 0.408 e. The Hall–Kier alpha value is -1.79. The van der Waals surface area contributed by atoms with E-state index < -0.39 is 11.2 Å². The van der Waals surface area contributed by atoms with E-state index >= 15 is 0 Å². The van der Waals surface area contributed by atoms with Gasteiger partial charge in [0, 0.05) is 11.1 Å². The molecule has 0 radical (unpaired) electrons. The highest BCUT2D eigenvalue weighted by Gasteiger charge is 2.40. The van der Waals surface area contributed by atoms with Gasteiger partial charge in [0.15, 0.2) is 5.58 Å². The number of hydrogen-bond donors (Lipinski definition) is 1. The molecule has 0 atom stereocenters. The standard InChI is InChI=1S/C13H13ClN2O4/c1-13(2)6-19-16(11(13)17)5-7-3-9-10(4-8(7)14)20-12(18)15-9/h3-4H,5-6H2,1-2H3,(H,15,18). The second kappa shape index (κ2) is 4.36. The lowest BCUT2D eigenvalue weighted by molar-refractivity contribution is -0.165. The molecule has 1 N–H and O–H groups in total. The molecular formula is C13H13ClN2O4. The number of oxazole rings is 1. The number of amides is 1. The van der Waals surface area contributed by atoms with E-state index in [1.807, 2.05) is 13.8 Å². The van der Waals surface area contributed by atoms with Crippen LogP contribution in [0.25, 0.3) is 11.1 Å². The zero-order valence-electron chi connectivity index (χ0n) is 11.0. The molecule has 1 amide bonds. The molecule has 0 saturated carbocycles. The Kier molecular flexibility index (Phi) is 2.88. The Bertz CT molecular complexity index is 746. The summed E-state index contributed by atoms with van der Waals surface area (Å²) in [5.41, 5.74) is 1.08. The summed E-state index contributed by atoms with van der Waals surface area (Å²) in [7, 11) is 0. The Labute approximate surface area is 119 Å². The van der Waals surface area contributed by atoms with E-state index in [4.69, 9.17) is 20.9 Å². The van der Waals surface area contributed by atoms with E-state index in [9.17, 15) is 9.59 Å². The molecular weight excluding hydrogens is 284 g/mol. The van der Waals surface area contributed by atoms with E-state index in [0.29, 0.717) is 28.3 Å². The van der Waals surface area contributed by atoms with Crippen LogP contribution in [0.1, 0.15) is 19.4 Å². The average Bonchev–Trinajstić information content (AvgIpc) is 2.83. The maximum atomic E-state index is 12.1. The molecule has 7 heteroatoms. The maximum Gasteiger partial charge on any atom is 0.417 e. The fraction of sp³-hybridized carbons (Fsp3) is 0.385. The van der Waals surface area contributed by atoms with Crippen molar-refractivity contribution < 1.29 is 14.0 Å². The van der Waals surface area contributed by atoms with E-state index in [1.54, 1.807) is 12.1 Å². The summed E-state index contributed by atoms with van der Waals surface area (Å²) in [5, 5.41) is 1.71. The maximum absolute atomic E-state index is 12.1. The van der Waals surface area contributed by atoms with Gasteiger partial charge in [-0.25, -0.2) is 9.86 Å². The first kappa shape index (κ1) is 13.2. The van der Waals surface area contributed by atoms with E-state index in [1.165, 1.54) is 5.06 Å². The number of aromatic amines is 1. The summed E-state index contributed by atoms with van der Waals surface area (Å²) < 4.78 is 4.92. The number of fused-ring (bicyclic) bond motifs is 1. The van der Waals surface area contributed by atoms with Crippen molar-refractivity contribution in [3.8, 4) is 0 Å². The van der Waals surface area contributed by atoms with Crippen molar-refractivity contribution in [2.45, 2.75) is 20.4 Å². The van der Waals surface area contributed by atoms with Crippen LogP contribution < -0.4 is 5.76 Å². The molecule has 0 bridgehead atoms. The molecule has 3 rings (SSSR count). The summed E-state index contributed by atoms with van der Waals surface area (Å²) >= 11 is 6.14. The highest BCUT2D eigenvalue weighted by atomic mass is 35.5. The number of rotatable bonds is 2. The number of carbonyl (C=O) groups is 1. The van der Waals surface area contributed by atoms with Crippen molar-refractivity contribution in [3.63, 3.8) is 0 Å². The third-order valence-corrected chi connectivity index (χ3v) is 3.64. The molecule has 0 unspecified atom stereocenters. The third-order valence-electron chi connectivity index (χ3n) is 3.29. The zero-order valence-corrected chi connectivity index (χ0v) is 11.8. The van der Waals surface area contributed by atoms with Gasteiger partial charge < -0.3 is 4.42 Å². The van der Waals surface area contributed by atoms with Crippen LogP contribution in [0.2, 0.25) is 5.02 Å². The SMILES string of the molecule is CC1(C)CON(Cc2cc3[nH]c(=O)oc3cc2Cl)C1=O. The molecule has 1 aromatic carbocycles. The average molecular weight is 297 g/mol. The van der Waals surface area contributed by atoms with Crippen molar-refractivity contribution in [3.05, 3.63) is 33.3 Å². The van der Waals surface area contributed by atoms with Gasteiger partial charge >= 0.3 is 5.76 Å². The van der Waals surface area contributed by atoms with Crippen molar-refractivity contribution >= 4 is 28.6 Å². The number of nitrogens with zero attached hydrogens (tertiary/aromatic N) is 1. The van der Waals surface area contributed by atoms with Gasteiger partial charge in [0.05, 0.1) is 24.1 Å². The fourth-order valence-corrected chi connectivity index (χ4v) is 2.32. The molecule has 1 aliphatic heterocycles. The van der Waals surface area contributed by atoms with Gasteiger partial charge in [-0.2, -0.15) is 0 Å². The van der Waals surface area contributed by atoms with E-state index in [-0.39, 0.29) is 12.5 Å². The summed E-state index contributed by atoms with van der Waals surface area (Å²) in [6.45, 7) is 4.22. The second-order valence-electron chi connectivity index (χ2n) is 5.45. The predicted octanol–water partition coefficient (Wildman–Crippen LogP) is 2.07. The second-order valence-corrected chi connectivity index (χ2v) is 5.86. The number of hydrogen-bond acceptors (Lipinski definition) is 4. The summed E-state index contributed by atoms with van der Waals surface area (Å²) in [6.07, 6.45) is 0. The summed E-state index contributed by atoms with van der Waals surface area (Å²) in [5.74, 6) is -0.628. The monoisotopic (exact) mass is 296 g/mol. The number of hydroxylamine groups is 2. The molecule has 6 nitrogen and oxygen atoms in total. The van der Waals surface area contributed by atoms with Crippen molar-refractivity contribution in [2.75, 3.05) is 6.61 Å². The van der Waals surface area contributed by atoms with Crippen LogP contribution in [-0.4, -0.2) is 22.6 Å². The lowest BCUT2D eigenvalue weighted by Gasteiger charge is -2.17. The van der Waals surface area contributed by atoms with Gasteiger partial charge in [-0.1, -0.05) is 11.6 Å². The Morgan fingerprint density at radius 3 is 2.80 bits per heavy atom. The quantitative estimate of drug-likeness (QED) is 0.920. The van der Waals surface area contributed by atoms with E-state index in [0.717, 1.165) is 0 Å². The number of aromatic nitrogens is 1. The summed E-state index contributed by atoms with van der Waals surface area (Å²) in [6, 6.07) is 3.24. The topological polar surface area (TPSA) is 75.5 Å². The summed E-state index contributed by atoms with van der Waals surface area (Å²) in [4.78, 5) is 31.2. The Morgan fingerprint density at radius 1 is 1.40 bits per heavy atom. The lowest BCUT2D eigenvalue weighted by atomic mass is 9.95. The minimum absolute atomic E-state index is 0.0886. The molecule has 20 heavy (non-hydrogen) atoms. The number of nitrogens with one attached hydrogen (secondary N) is 1. The van der Waals surface area contributed by atoms with Crippen LogP contribution in [0.5, 0.6) is 0 Å². The lowest BCUT2D eigenvalue weighted by Crippen LogP contribution is -2.30. The van der Waals surface area contributed by atoms with Gasteiger partial charge in [-0.15, -0.1) is 0 Å². The predicted molar refractivity (Wildman–Crippen MR) is 72.1 cm³/mol. The Balaban J connectivity index is 1.93. The fourth-order valence-electron chi connectivity index (χ4n) is 2.11. The molecule has 2 heterocycles. The van der Waals surface area contributed by atoms with Gasteiger partial charge in [0.1, 0.15) is 0 Å². The minimum Gasteiger partial charge on any atom is -0.408 e. The highest BCUT2D eigenvalue weighted by molar-refractivity contribution is 6.32. The number of H-pyrrole nitrogens is 1. The van der Waals surface area contributed by atoms with Gasteiger partial charge in [-0.05, 0) is 25.5 Å².